The number of nitrogens with one attached hydrogen (secondary N) is 1. The number of anilines is 2. The number of nitrogen functional groups attached to an aromatic ring is 1. The number of nitrogens with two attached hydrogens (primary N) is 2. The zero-order valence-electron chi connectivity index (χ0n) is 9.93. The van der Waals surface area contributed by atoms with Gasteiger partial charge in [-0.05, 0) is 19.1 Å². The Morgan fingerprint density at radius 2 is 2.05 bits per heavy atom. The first kappa shape index (κ1) is 14.3. The van der Waals surface area contributed by atoms with E-state index in [-0.39, 0.29) is 28.4 Å². The highest BCUT2D eigenvalue weighted by Gasteiger charge is 2.63. The van der Waals surface area contributed by atoms with Crippen LogP contribution in [0.25, 0.3) is 0 Å². The van der Waals surface area contributed by atoms with Crippen molar-refractivity contribution in [2.75, 3.05) is 17.3 Å². The molecule has 1 aromatic heterocycles. The van der Waals surface area contributed by atoms with Crippen molar-refractivity contribution in [3.8, 4) is 0 Å². The van der Waals surface area contributed by atoms with Crippen molar-refractivity contribution in [2.45, 2.75) is 29.5 Å². The molecule has 4 nitrogen and oxygen atoms in total. The molecule has 9 heteroatoms. The molecule has 106 valence electrons. The lowest BCUT2D eigenvalue weighted by molar-refractivity contribution is -0.151. The number of thiophene rings is 1. The molecule has 0 atom stereocenters. The van der Waals surface area contributed by atoms with Gasteiger partial charge in [-0.2, -0.15) is 13.2 Å². The molecule has 2 rings (SSSR count). The molecule has 0 aromatic carbocycles. The van der Waals surface area contributed by atoms with Gasteiger partial charge < -0.3 is 16.8 Å². The van der Waals surface area contributed by atoms with Gasteiger partial charge in [0, 0.05) is 0 Å². The topological polar surface area (TPSA) is 81.1 Å². The van der Waals surface area contributed by atoms with E-state index in [1.165, 1.54) is 11.8 Å². The first-order valence-electron chi connectivity index (χ1n) is 5.33. The summed E-state index contributed by atoms with van der Waals surface area (Å²) < 4.78 is 38.7. The number of carbonyl (C=O) groups is 1. The quantitative estimate of drug-likeness (QED) is 0.747. The van der Waals surface area contributed by atoms with Crippen molar-refractivity contribution in [3.05, 3.63) is 4.88 Å². The zero-order chi connectivity index (χ0) is 14.4. The minimum absolute atomic E-state index is 0.0219. The van der Waals surface area contributed by atoms with Gasteiger partial charge in [0.25, 0.3) is 5.91 Å². The van der Waals surface area contributed by atoms with Crippen LogP contribution in [0.5, 0.6) is 0 Å². The number of hydrogen-bond acceptors (Lipinski definition) is 5. The number of amides is 1. The van der Waals surface area contributed by atoms with Crippen LogP contribution in [0.15, 0.2) is 4.90 Å². The molecule has 1 heterocycles. The van der Waals surface area contributed by atoms with Crippen LogP contribution in [0.1, 0.15) is 22.5 Å². The van der Waals surface area contributed by atoms with Crippen LogP contribution in [0.2, 0.25) is 0 Å². The van der Waals surface area contributed by atoms with Crippen LogP contribution in [-0.4, -0.2) is 23.9 Å². The van der Waals surface area contributed by atoms with Crippen molar-refractivity contribution in [2.24, 2.45) is 5.73 Å². The van der Waals surface area contributed by atoms with E-state index < -0.39 is 17.6 Å². The maximum absolute atomic E-state index is 12.9. The first-order chi connectivity index (χ1) is 8.72. The Morgan fingerprint density at radius 3 is 2.42 bits per heavy atom. The highest BCUT2D eigenvalue weighted by molar-refractivity contribution is 7.99. The fourth-order valence-electron chi connectivity index (χ4n) is 1.72. The smallest absolute Gasteiger partial charge is 0.396 e. The molecule has 0 aliphatic heterocycles. The molecule has 1 aliphatic rings. The summed E-state index contributed by atoms with van der Waals surface area (Å²) in [5, 5.41) is 2.75. The maximum Gasteiger partial charge on any atom is 0.411 e. The molecule has 0 radical (unpaired) electrons. The molecule has 1 aliphatic carbocycles. The van der Waals surface area contributed by atoms with E-state index in [1.807, 2.05) is 0 Å². The normalized spacial score (nSPS) is 17.3. The van der Waals surface area contributed by atoms with Crippen molar-refractivity contribution < 1.29 is 18.0 Å². The molecule has 0 saturated heterocycles. The van der Waals surface area contributed by atoms with Crippen LogP contribution in [0.4, 0.5) is 23.9 Å². The van der Waals surface area contributed by atoms with Crippen LogP contribution in [0, 0.1) is 0 Å². The maximum atomic E-state index is 12.9. The van der Waals surface area contributed by atoms with Crippen LogP contribution < -0.4 is 16.8 Å². The number of rotatable bonds is 4. The average molecular weight is 311 g/mol. The van der Waals surface area contributed by atoms with E-state index >= 15 is 0 Å². The van der Waals surface area contributed by atoms with Crippen LogP contribution >= 0.6 is 23.1 Å². The zero-order valence-corrected chi connectivity index (χ0v) is 11.6. The van der Waals surface area contributed by atoms with Gasteiger partial charge in [0.1, 0.15) is 15.4 Å². The predicted octanol–water partition coefficient (Wildman–Crippen LogP) is 2.66. The highest BCUT2D eigenvalue weighted by atomic mass is 32.2. The second kappa shape index (κ2) is 4.48. The van der Waals surface area contributed by atoms with Crippen LogP contribution in [0.3, 0.4) is 0 Å². The number of thioether (sulfide) groups is 1. The third-order valence-electron chi connectivity index (χ3n) is 2.97. The van der Waals surface area contributed by atoms with E-state index in [9.17, 15) is 18.0 Å². The van der Waals surface area contributed by atoms with Gasteiger partial charge in [-0.15, -0.1) is 23.1 Å². The summed E-state index contributed by atoms with van der Waals surface area (Å²) in [6, 6.07) is 0. The molecule has 19 heavy (non-hydrogen) atoms. The van der Waals surface area contributed by atoms with E-state index in [1.54, 1.807) is 6.26 Å². The molecule has 0 unspecified atom stereocenters. The van der Waals surface area contributed by atoms with E-state index in [0.717, 1.165) is 11.3 Å². The Morgan fingerprint density at radius 1 is 1.47 bits per heavy atom. The molecular formula is C10H12F3N3OS2. The lowest BCUT2D eigenvalue weighted by Crippen LogP contribution is -2.38. The number of hydrogen-bond donors (Lipinski definition) is 3. The lowest BCUT2D eigenvalue weighted by atomic mass is 10.2. The first-order valence-corrected chi connectivity index (χ1v) is 7.37. The SMILES string of the molecule is CSc1c(NC2(C(F)(F)F)CC2)sc(C(N)=O)c1N. The molecular weight excluding hydrogens is 299 g/mol. The van der Waals surface area contributed by atoms with E-state index in [0.29, 0.717) is 4.90 Å². The summed E-state index contributed by atoms with van der Waals surface area (Å²) in [7, 11) is 0. The Kier molecular flexibility index (Phi) is 3.38. The third-order valence-corrected chi connectivity index (χ3v) is 5.07. The second-order valence-corrected chi connectivity index (χ2v) is 6.11. The summed E-state index contributed by atoms with van der Waals surface area (Å²) in [5.41, 5.74) is 9.14. The Labute approximate surface area is 115 Å². The standard InChI is InChI=1S/C10H12F3N3OS2/c1-18-6-4(14)5(7(15)17)19-8(6)16-9(2-3-9)10(11,12)13/h16H,2-3,14H2,1H3,(H2,15,17). The highest BCUT2D eigenvalue weighted by Crippen LogP contribution is 2.54. The predicted molar refractivity (Wildman–Crippen MR) is 70.7 cm³/mol. The Hall–Kier alpha value is -1.09. The van der Waals surface area contributed by atoms with Gasteiger partial charge in [-0.1, -0.05) is 0 Å². The van der Waals surface area contributed by atoms with Gasteiger partial charge >= 0.3 is 6.18 Å². The third kappa shape index (κ3) is 2.36. The van der Waals surface area contributed by atoms with Crippen LogP contribution in [-0.2, 0) is 0 Å². The Bertz CT molecular complexity index is 523. The van der Waals surface area contributed by atoms with Crippen molar-refractivity contribution in [1.82, 2.24) is 0 Å². The van der Waals surface area contributed by atoms with Crippen molar-refractivity contribution >= 4 is 39.7 Å². The largest absolute Gasteiger partial charge is 0.411 e. The van der Waals surface area contributed by atoms with Gasteiger partial charge in [0.05, 0.1) is 10.6 Å². The summed E-state index contributed by atoms with van der Waals surface area (Å²) in [6.07, 6.45) is -2.60. The molecule has 1 amide bonds. The second-order valence-electron chi connectivity index (χ2n) is 4.28. The number of primary amides is 1. The minimum Gasteiger partial charge on any atom is -0.396 e. The fourth-order valence-corrected chi connectivity index (χ4v) is 3.68. The molecule has 0 spiro atoms. The monoisotopic (exact) mass is 311 g/mol. The minimum atomic E-state index is -4.33. The average Bonchev–Trinajstić information content (AvgIpc) is 2.99. The van der Waals surface area contributed by atoms with Gasteiger partial charge in [-0.25, -0.2) is 0 Å². The number of halogens is 3. The fraction of sp³-hybridized carbons (Fsp3) is 0.500. The lowest BCUT2D eigenvalue weighted by Gasteiger charge is -2.21. The van der Waals surface area contributed by atoms with Crippen molar-refractivity contribution in [1.29, 1.82) is 0 Å². The summed E-state index contributed by atoms with van der Waals surface area (Å²) >= 11 is 2.06. The number of alkyl halides is 3. The van der Waals surface area contributed by atoms with E-state index in [4.69, 9.17) is 11.5 Å². The number of carbonyl (C=O) groups excluding carboxylic acids is 1. The van der Waals surface area contributed by atoms with Gasteiger partial charge in [0.2, 0.25) is 0 Å². The summed E-state index contributed by atoms with van der Waals surface area (Å²) in [6.45, 7) is 0. The molecule has 1 aromatic rings. The summed E-state index contributed by atoms with van der Waals surface area (Å²) in [4.78, 5) is 11.7. The molecule has 1 fully saturated rings. The van der Waals surface area contributed by atoms with E-state index in [2.05, 4.69) is 5.32 Å². The Balaban J connectivity index is 2.36. The van der Waals surface area contributed by atoms with Crippen molar-refractivity contribution in [3.63, 3.8) is 0 Å². The molecule has 1 saturated carbocycles. The summed E-state index contributed by atoms with van der Waals surface area (Å²) in [5.74, 6) is -0.734. The molecule has 0 bridgehead atoms. The van der Waals surface area contributed by atoms with Gasteiger partial charge in [0.15, 0.2) is 0 Å². The van der Waals surface area contributed by atoms with Gasteiger partial charge in [-0.3, -0.25) is 4.79 Å². The molecule has 5 N–H and O–H groups in total.